The number of nitrogens with one attached hydrogen (secondary N) is 1. The molecule has 0 aliphatic heterocycles. The molecule has 0 bridgehead atoms. The predicted molar refractivity (Wildman–Crippen MR) is 90.4 cm³/mol. The molecule has 134 valence electrons. The van der Waals surface area contributed by atoms with Gasteiger partial charge in [-0.05, 0) is 37.6 Å². The summed E-state index contributed by atoms with van der Waals surface area (Å²) in [5.74, 6) is 0.600. The van der Waals surface area contributed by atoms with Crippen molar-refractivity contribution >= 4 is 11.7 Å². The number of ether oxygens (including phenoxy) is 1. The molecule has 0 aliphatic rings. The van der Waals surface area contributed by atoms with Crippen LogP contribution in [0.5, 0.6) is 5.75 Å². The van der Waals surface area contributed by atoms with E-state index >= 15 is 0 Å². The second-order valence-electron chi connectivity index (χ2n) is 5.61. The summed E-state index contributed by atoms with van der Waals surface area (Å²) in [6.07, 6.45) is -2.67. The average Bonchev–Trinajstić information content (AvgIpc) is 2.59. The lowest BCUT2D eigenvalue weighted by molar-refractivity contribution is 0.151. The number of benzene rings is 2. The fraction of sp³-hybridized carbons (Fsp3) is 0.278. The minimum Gasteiger partial charge on any atom is -0.489 e. The highest BCUT2D eigenvalue weighted by Gasteiger charge is 2.19. The first-order valence-electron chi connectivity index (χ1n) is 7.65. The van der Waals surface area contributed by atoms with Crippen molar-refractivity contribution < 1.29 is 23.5 Å². The standard InChI is InChI=1S/C18H20F2N2O3/c1-11-4-7-16(12(2)8-11)25-10-14-9-13(17(19)20)5-6-15(14)22(24)18(23)21-3/h4-9,17,24H,10H2,1-3H3,(H,21,23). The Morgan fingerprint density at radius 1 is 1.24 bits per heavy atom. The maximum absolute atomic E-state index is 13.0. The van der Waals surface area contributed by atoms with Gasteiger partial charge in [0.1, 0.15) is 12.4 Å². The highest BCUT2D eigenvalue weighted by Crippen LogP contribution is 2.28. The van der Waals surface area contributed by atoms with Gasteiger partial charge in [-0.15, -0.1) is 0 Å². The van der Waals surface area contributed by atoms with Crippen LogP contribution in [0, 0.1) is 13.8 Å². The highest BCUT2D eigenvalue weighted by molar-refractivity contribution is 5.90. The number of hydroxylamine groups is 1. The minimum atomic E-state index is -2.67. The number of carbonyl (C=O) groups is 1. The topological polar surface area (TPSA) is 61.8 Å². The first kappa shape index (κ1) is 18.7. The fourth-order valence-corrected chi connectivity index (χ4v) is 2.40. The summed E-state index contributed by atoms with van der Waals surface area (Å²) in [7, 11) is 1.35. The first-order valence-corrected chi connectivity index (χ1v) is 7.65. The third-order valence-electron chi connectivity index (χ3n) is 3.70. The van der Waals surface area contributed by atoms with Crippen LogP contribution in [0.25, 0.3) is 0 Å². The van der Waals surface area contributed by atoms with Gasteiger partial charge in [0.2, 0.25) is 0 Å². The second-order valence-corrected chi connectivity index (χ2v) is 5.61. The van der Waals surface area contributed by atoms with E-state index in [1.807, 2.05) is 26.0 Å². The zero-order valence-corrected chi connectivity index (χ0v) is 14.2. The lowest BCUT2D eigenvalue weighted by Gasteiger charge is -2.19. The van der Waals surface area contributed by atoms with E-state index in [1.165, 1.54) is 19.2 Å². The van der Waals surface area contributed by atoms with Crippen LogP contribution < -0.4 is 15.1 Å². The molecule has 2 aromatic carbocycles. The maximum Gasteiger partial charge on any atom is 0.345 e. The molecule has 0 aromatic heterocycles. The van der Waals surface area contributed by atoms with Gasteiger partial charge in [0, 0.05) is 18.2 Å². The van der Waals surface area contributed by atoms with Crippen molar-refractivity contribution in [1.82, 2.24) is 5.32 Å². The van der Waals surface area contributed by atoms with Gasteiger partial charge >= 0.3 is 6.03 Å². The Labute approximate surface area is 144 Å². The Morgan fingerprint density at radius 2 is 1.96 bits per heavy atom. The van der Waals surface area contributed by atoms with E-state index in [4.69, 9.17) is 4.74 Å². The van der Waals surface area contributed by atoms with E-state index in [9.17, 15) is 18.8 Å². The van der Waals surface area contributed by atoms with Crippen LogP contribution in [-0.4, -0.2) is 18.3 Å². The normalized spacial score (nSPS) is 10.7. The number of halogens is 2. The van der Waals surface area contributed by atoms with Crippen LogP contribution in [0.1, 0.15) is 28.7 Å². The fourth-order valence-electron chi connectivity index (χ4n) is 2.40. The molecule has 0 unspecified atom stereocenters. The van der Waals surface area contributed by atoms with Crippen molar-refractivity contribution in [2.24, 2.45) is 0 Å². The Bertz CT molecular complexity index is 766. The molecule has 5 nitrogen and oxygen atoms in total. The second kappa shape index (κ2) is 7.94. The van der Waals surface area contributed by atoms with Crippen molar-refractivity contribution in [3.05, 3.63) is 58.7 Å². The van der Waals surface area contributed by atoms with Gasteiger partial charge in [-0.25, -0.2) is 13.6 Å². The summed E-state index contributed by atoms with van der Waals surface area (Å²) in [6.45, 7) is 3.75. The van der Waals surface area contributed by atoms with Crippen LogP contribution in [0.4, 0.5) is 19.3 Å². The number of hydrogen-bond acceptors (Lipinski definition) is 3. The van der Waals surface area contributed by atoms with Gasteiger partial charge < -0.3 is 10.1 Å². The molecule has 0 saturated carbocycles. The van der Waals surface area contributed by atoms with Crippen molar-refractivity contribution in [3.8, 4) is 5.75 Å². The van der Waals surface area contributed by atoms with Crippen LogP contribution in [0.2, 0.25) is 0 Å². The highest BCUT2D eigenvalue weighted by atomic mass is 19.3. The number of urea groups is 1. The summed E-state index contributed by atoms with van der Waals surface area (Å²) < 4.78 is 31.7. The zero-order chi connectivity index (χ0) is 18.6. The number of aryl methyl sites for hydroxylation is 2. The van der Waals surface area contributed by atoms with Crippen molar-refractivity contribution in [2.75, 3.05) is 12.1 Å². The van der Waals surface area contributed by atoms with E-state index in [0.29, 0.717) is 10.8 Å². The van der Waals surface area contributed by atoms with Gasteiger partial charge in [0.15, 0.2) is 0 Å². The van der Waals surface area contributed by atoms with Crippen molar-refractivity contribution in [3.63, 3.8) is 0 Å². The van der Waals surface area contributed by atoms with Gasteiger partial charge in [-0.2, -0.15) is 5.06 Å². The molecule has 7 heteroatoms. The van der Waals surface area contributed by atoms with Crippen molar-refractivity contribution in [2.45, 2.75) is 26.9 Å². The summed E-state index contributed by atoms with van der Waals surface area (Å²) in [6, 6.07) is 8.46. The van der Waals surface area contributed by atoms with Gasteiger partial charge in [0.05, 0.1) is 5.69 Å². The maximum atomic E-state index is 13.0. The number of amides is 2. The van der Waals surface area contributed by atoms with Crippen LogP contribution in [0.3, 0.4) is 0 Å². The molecule has 25 heavy (non-hydrogen) atoms. The lowest BCUT2D eigenvalue weighted by Crippen LogP contribution is -2.36. The molecule has 0 fully saturated rings. The quantitative estimate of drug-likeness (QED) is 0.622. The number of hydrogen-bond donors (Lipinski definition) is 2. The van der Waals surface area contributed by atoms with Crippen LogP contribution in [-0.2, 0) is 6.61 Å². The molecule has 2 amide bonds. The van der Waals surface area contributed by atoms with E-state index in [2.05, 4.69) is 5.32 Å². The molecule has 0 spiro atoms. The zero-order valence-electron chi connectivity index (χ0n) is 14.2. The molecule has 2 aromatic rings. The van der Waals surface area contributed by atoms with Gasteiger partial charge in [-0.3, -0.25) is 5.21 Å². The first-order chi connectivity index (χ1) is 11.8. The number of anilines is 1. The third kappa shape index (κ3) is 4.45. The van der Waals surface area contributed by atoms with E-state index in [-0.39, 0.29) is 23.4 Å². The van der Waals surface area contributed by atoms with E-state index in [0.717, 1.165) is 17.2 Å². The van der Waals surface area contributed by atoms with Crippen LogP contribution in [0.15, 0.2) is 36.4 Å². The number of carbonyl (C=O) groups excluding carboxylic acids is 1. The molecule has 2 N–H and O–H groups in total. The third-order valence-corrected chi connectivity index (χ3v) is 3.70. The van der Waals surface area contributed by atoms with Gasteiger partial charge in [-0.1, -0.05) is 23.8 Å². The van der Waals surface area contributed by atoms with Gasteiger partial charge in [0.25, 0.3) is 6.43 Å². The van der Waals surface area contributed by atoms with Crippen molar-refractivity contribution in [1.29, 1.82) is 0 Å². The summed E-state index contributed by atoms with van der Waals surface area (Å²) in [4.78, 5) is 11.6. The molecular weight excluding hydrogens is 330 g/mol. The molecule has 2 rings (SSSR count). The average molecular weight is 350 g/mol. The molecule has 0 saturated heterocycles. The summed E-state index contributed by atoms with van der Waals surface area (Å²) in [5, 5.41) is 12.6. The molecule has 0 atom stereocenters. The van der Waals surface area contributed by atoms with E-state index in [1.54, 1.807) is 6.07 Å². The summed E-state index contributed by atoms with van der Waals surface area (Å²) in [5.41, 5.74) is 2.11. The Balaban J connectivity index is 2.32. The number of alkyl halides is 2. The number of rotatable bonds is 5. The van der Waals surface area contributed by atoms with E-state index < -0.39 is 12.5 Å². The van der Waals surface area contributed by atoms with Crippen LogP contribution >= 0.6 is 0 Å². The molecule has 0 aliphatic carbocycles. The monoisotopic (exact) mass is 350 g/mol. The summed E-state index contributed by atoms with van der Waals surface area (Å²) >= 11 is 0. The Morgan fingerprint density at radius 3 is 2.56 bits per heavy atom. The predicted octanol–water partition coefficient (Wildman–Crippen LogP) is 4.36. The number of nitrogens with zero attached hydrogens (tertiary/aromatic N) is 1. The SMILES string of the molecule is CNC(=O)N(O)c1ccc(C(F)F)cc1COc1ccc(C)cc1C. The smallest absolute Gasteiger partial charge is 0.345 e. The Kier molecular flexibility index (Phi) is 5.93. The lowest BCUT2D eigenvalue weighted by atomic mass is 10.1. The molecule has 0 radical (unpaired) electrons. The molecular formula is C18H20F2N2O3. The minimum absolute atomic E-state index is 0.0755. The Hall–Kier alpha value is -2.67. The largest absolute Gasteiger partial charge is 0.489 e. The molecule has 0 heterocycles.